The second-order valence-electron chi connectivity index (χ2n) is 8.21. The highest BCUT2D eigenvalue weighted by molar-refractivity contribution is 6.30. The van der Waals surface area contributed by atoms with E-state index in [4.69, 9.17) is 11.6 Å². The first-order chi connectivity index (χ1) is 15.9. The van der Waals surface area contributed by atoms with Gasteiger partial charge in [0.25, 0.3) is 5.56 Å². The number of urea groups is 1. The molecule has 0 unspecified atom stereocenters. The fourth-order valence-electron chi connectivity index (χ4n) is 3.84. The molecule has 4 rings (SSSR count). The first kappa shape index (κ1) is 22.6. The molecular formula is C27H26ClN3O2. The van der Waals surface area contributed by atoms with E-state index in [1.54, 1.807) is 29.2 Å². The summed E-state index contributed by atoms with van der Waals surface area (Å²) in [6, 6.07) is 22.6. The Balaban J connectivity index is 1.63. The summed E-state index contributed by atoms with van der Waals surface area (Å²) in [5.41, 5.74) is 5.07. The van der Waals surface area contributed by atoms with Crippen LogP contribution in [0.1, 0.15) is 22.3 Å². The van der Waals surface area contributed by atoms with Crippen molar-refractivity contribution >= 4 is 34.2 Å². The average Bonchev–Trinajstić information content (AvgIpc) is 2.82. The van der Waals surface area contributed by atoms with Gasteiger partial charge in [-0.05, 0) is 67.3 Å². The number of pyridine rings is 1. The fraction of sp³-hybridized carbons (Fsp3) is 0.185. The maximum absolute atomic E-state index is 13.2. The molecule has 0 saturated carbocycles. The molecule has 6 heteroatoms. The molecule has 0 aliphatic heterocycles. The van der Waals surface area contributed by atoms with Crippen LogP contribution in [0.15, 0.2) is 77.6 Å². The molecule has 0 atom stereocenters. The lowest BCUT2D eigenvalue weighted by Gasteiger charge is -2.23. The highest BCUT2D eigenvalue weighted by atomic mass is 35.5. The Morgan fingerprint density at radius 1 is 0.970 bits per heavy atom. The molecule has 168 valence electrons. The smallest absolute Gasteiger partial charge is 0.321 e. The number of H-pyrrole nitrogens is 1. The van der Waals surface area contributed by atoms with Gasteiger partial charge in [-0.15, -0.1) is 0 Å². The Hall–Kier alpha value is -3.57. The number of carbonyl (C=O) groups is 1. The van der Waals surface area contributed by atoms with E-state index in [1.165, 1.54) is 0 Å². The third kappa shape index (κ3) is 5.44. The summed E-state index contributed by atoms with van der Waals surface area (Å²) in [4.78, 5) is 30.8. The molecule has 0 bridgehead atoms. The van der Waals surface area contributed by atoms with Crippen LogP contribution in [0.4, 0.5) is 10.5 Å². The second-order valence-corrected chi connectivity index (χ2v) is 8.64. The van der Waals surface area contributed by atoms with Gasteiger partial charge in [0.15, 0.2) is 0 Å². The predicted octanol–water partition coefficient (Wildman–Crippen LogP) is 6.08. The van der Waals surface area contributed by atoms with Gasteiger partial charge < -0.3 is 15.2 Å². The van der Waals surface area contributed by atoms with Crippen molar-refractivity contribution in [3.63, 3.8) is 0 Å². The van der Waals surface area contributed by atoms with E-state index in [0.717, 1.165) is 27.6 Å². The van der Waals surface area contributed by atoms with Crippen molar-refractivity contribution in [3.05, 3.63) is 110 Å². The first-order valence-electron chi connectivity index (χ1n) is 10.9. The molecule has 0 saturated heterocycles. The summed E-state index contributed by atoms with van der Waals surface area (Å²) in [5, 5.41) is 4.51. The van der Waals surface area contributed by atoms with Gasteiger partial charge in [-0.2, -0.15) is 0 Å². The molecule has 0 fully saturated rings. The zero-order valence-corrected chi connectivity index (χ0v) is 19.4. The molecule has 2 amide bonds. The molecule has 4 aromatic rings. The average molecular weight is 460 g/mol. The van der Waals surface area contributed by atoms with Crippen molar-refractivity contribution in [2.45, 2.75) is 26.8 Å². The largest absolute Gasteiger partial charge is 0.322 e. The van der Waals surface area contributed by atoms with Crippen LogP contribution in [0.3, 0.4) is 0 Å². The van der Waals surface area contributed by atoms with Crippen molar-refractivity contribution in [2.24, 2.45) is 0 Å². The highest BCUT2D eigenvalue weighted by Gasteiger charge is 2.17. The van der Waals surface area contributed by atoms with E-state index in [2.05, 4.69) is 10.3 Å². The van der Waals surface area contributed by atoms with Gasteiger partial charge in [-0.1, -0.05) is 54.1 Å². The molecule has 2 N–H and O–H groups in total. The predicted molar refractivity (Wildman–Crippen MR) is 135 cm³/mol. The number of rotatable bonds is 6. The minimum absolute atomic E-state index is 0.180. The fourth-order valence-corrected chi connectivity index (χ4v) is 3.96. The lowest BCUT2D eigenvalue weighted by atomic mass is 10.0. The molecule has 0 spiro atoms. The van der Waals surface area contributed by atoms with E-state index in [-0.39, 0.29) is 18.1 Å². The van der Waals surface area contributed by atoms with Gasteiger partial charge in [-0.25, -0.2) is 4.79 Å². The molecule has 0 aliphatic rings. The van der Waals surface area contributed by atoms with Crippen LogP contribution in [0, 0.1) is 13.8 Å². The summed E-state index contributed by atoms with van der Waals surface area (Å²) < 4.78 is 0. The number of aryl methyl sites for hydroxylation is 2. The Morgan fingerprint density at radius 3 is 2.39 bits per heavy atom. The third-order valence-electron chi connectivity index (χ3n) is 5.78. The van der Waals surface area contributed by atoms with Crippen LogP contribution in [0.2, 0.25) is 5.02 Å². The van der Waals surface area contributed by atoms with Crippen LogP contribution < -0.4 is 10.9 Å². The SMILES string of the molecule is Cc1ccc(C)c2[nH]c(=O)c(CN(CCc3ccccc3)C(=O)Nc3ccc(Cl)cc3)cc12. The minimum Gasteiger partial charge on any atom is -0.321 e. The molecule has 1 heterocycles. The van der Waals surface area contributed by atoms with E-state index in [9.17, 15) is 9.59 Å². The number of carbonyl (C=O) groups excluding carboxylic acids is 1. The summed E-state index contributed by atoms with van der Waals surface area (Å²) in [7, 11) is 0. The highest BCUT2D eigenvalue weighted by Crippen LogP contribution is 2.21. The number of nitrogens with zero attached hydrogens (tertiary/aromatic N) is 1. The Labute approximate surface area is 198 Å². The van der Waals surface area contributed by atoms with Crippen LogP contribution in [-0.4, -0.2) is 22.5 Å². The van der Waals surface area contributed by atoms with Crippen molar-refractivity contribution in [1.29, 1.82) is 0 Å². The number of aromatic amines is 1. The summed E-state index contributed by atoms with van der Waals surface area (Å²) in [6.45, 7) is 4.66. The molecule has 1 aromatic heterocycles. The van der Waals surface area contributed by atoms with E-state index in [0.29, 0.717) is 29.2 Å². The van der Waals surface area contributed by atoms with Gasteiger partial charge in [0.05, 0.1) is 12.1 Å². The van der Waals surface area contributed by atoms with Crippen molar-refractivity contribution in [2.75, 3.05) is 11.9 Å². The van der Waals surface area contributed by atoms with Crippen LogP contribution in [0.25, 0.3) is 10.9 Å². The van der Waals surface area contributed by atoms with Gasteiger partial charge in [0.2, 0.25) is 0 Å². The zero-order chi connectivity index (χ0) is 23.4. The number of nitrogens with one attached hydrogen (secondary N) is 2. The number of halogens is 1. The van der Waals surface area contributed by atoms with Crippen molar-refractivity contribution < 1.29 is 4.79 Å². The van der Waals surface area contributed by atoms with Crippen molar-refractivity contribution in [3.8, 4) is 0 Å². The molecule has 5 nitrogen and oxygen atoms in total. The monoisotopic (exact) mass is 459 g/mol. The summed E-state index contributed by atoms with van der Waals surface area (Å²) in [6.07, 6.45) is 0.679. The number of amides is 2. The van der Waals surface area contributed by atoms with Crippen LogP contribution in [-0.2, 0) is 13.0 Å². The Morgan fingerprint density at radius 2 is 1.67 bits per heavy atom. The Bertz CT molecular complexity index is 1330. The standard InChI is InChI=1S/C27H26ClN3O2/c1-18-8-9-19(2)25-24(18)16-21(26(32)30-25)17-31(15-14-20-6-4-3-5-7-20)27(33)29-23-12-10-22(28)11-13-23/h3-13,16H,14-15,17H2,1-2H3,(H,29,33)(H,30,32). The maximum Gasteiger partial charge on any atom is 0.322 e. The number of hydrogen-bond donors (Lipinski definition) is 2. The van der Waals surface area contributed by atoms with Gasteiger partial charge in [0, 0.05) is 28.2 Å². The van der Waals surface area contributed by atoms with Gasteiger partial charge in [-0.3, -0.25) is 4.79 Å². The first-order valence-corrected chi connectivity index (χ1v) is 11.3. The summed E-state index contributed by atoms with van der Waals surface area (Å²) in [5.74, 6) is 0. The van der Waals surface area contributed by atoms with Crippen LogP contribution >= 0.6 is 11.6 Å². The maximum atomic E-state index is 13.2. The molecule has 0 radical (unpaired) electrons. The molecule has 3 aromatic carbocycles. The third-order valence-corrected chi connectivity index (χ3v) is 6.03. The number of hydrogen-bond acceptors (Lipinski definition) is 2. The topological polar surface area (TPSA) is 65.2 Å². The quantitative estimate of drug-likeness (QED) is 0.367. The van der Waals surface area contributed by atoms with Gasteiger partial charge >= 0.3 is 6.03 Å². The number of benzene rings is 3. The summed E-state index contributed by atoms with van der Waals surface area (Å²) >= 11 is 5.96. The normalized spacial score (nSPS) is 10.9. The zero-order valence-electron chi connectivity index (χ0n) is 18.7. The molecule has 33 heavy (non-hydrogen) atoms. The van der Waals surface area contributed by atoms with E-state index >= 15 is 0 Å². The van der Waals surface area contributed by atoms with Crippen LogP contribution in [0.5, 0.6) is 0 Å². The number of aromatic nitrogens is 1. The van der Waals surface area contributed by atoms with Gasteiger partial charge in [0.1, 0.15) is 0 Å². The lowest BCUT2D eigenvalue weighted by molar-refractivity contribution is 0.209. The number of anilines is 1. The van der Waals surface area contributed by atoms with E-state index in [1.807, 2.05) is 62.4 Å². The minimum atomic E-state index is -0.270. The van der Waals surface area contributed by atoms with Crippen molar-refractivity contribution in [1.82, 2.24) is 9.88 Å². The number of fused-ring (bicyclic) bond motifs is 1. The Kier molecular flexibility index (Phi) is 6.80. The lowest BCUT2D eigenvalue weighted by Crippen LogP contribution is -2.37. The molecular weight excluding hydrogens is 434 g/mol. The van der Waals surface area contributed by atoms with E-state index < -0.39 is 0 Å². The second kappa shape index (κ2) is 9.92. The molecule has 0 aliphatic carbocycles.